The van der Waals surface area contributed by atoms with E-state index in [9.17, 15) is 20.2 Å². The lowest BCUT2D eigenvalue weighted by Crippen LogP contribution is -2.04. The third-order valence-electron chi connectivity index (χ3n) is 2.66. The van der Waals surface area contributed by atoms with Crippen LogP contribution in [0, 0.1) is 20.2 Å². The summed E-state index contributed by atoms with van der Waals surface area (Å²) in [6, 6.07) is 5.56. The standard InChI is InChI=1S/C11H10N4O5/c1-13-9(6-12-11(13)15(18)19)7-20-10-4-2-8(3-5-10)14(16)17/h2-6H,7H2,1H3. The van der Waals surface area contributed by atoms with Gasteiger partial charge < -0.3 is 14.9 Å². The molecule has 0 saturated heterocycles. The van der Waals surface area contributed by atoms with Crippen molar-refractivity contribution in [2.45, 2.75) is 6.61 Å². The first-order valence-electron chi connectivity index (χ1n) is 5.51. The number of benzene rings is 1. The zero-order valence-electron chi connectivity index (χ0n) is 10.4. The first-order chi connectivity index (χ1) is 9.49. The molecule has 0 saturated carbocycles. The summed E-state index contributed by atoms with van der Waals surface area (Å²) in [7, 11) is 1.51. The molecule has 1 aromatic heterocycles. The third kappa shape index (κ3) is 2.71. The van der Waals surface area contributed by atoms with Crippen LogP contribution in [0.5, 0.6) is 5.75 Å². The monoisotopic (exact) mass is 278 g/mol. The Balaban J connectivity index is 2.05. The van der Waals surface area contributed by atoms with Crippen molar-refractivity contribution in [3.8, 4) is 5.75 Å². The van der Waals surface area contributed by atoms with Gasteiger partial charge in [-0.2, -0.15) is 0 Å². The van der Waals surface area contributed by atoms with Crippen LogP contribution in [0.15, 0.2) is 30.5 Å². The number of imidazole rings is 1. The van der Waals surface area contributed by atoms with Gasteiger partial charge in [-0.1, -0.05) is 4.98 Å². The summed E-state index contributed by atoms with van der Waals surface area (Å²) in [6.07, 6.45) is 1.35. The van der Waals surface area contributed by atoms with Crippen LogP contribution >= 0.6 is 0 Å². The van der Waals surface area contributed by atoms with Crippen molar-refractivity contribution in [1.82, 2.24) is 9.55 Å². The van der Waals surface area contributed by atoms with Gasteiger partial charge in [0, 0.05) is 12.1 Å². The van der Waals surface area contributed by atoms with E-state index >= 15 is 0 Å². The summed E-state index contributed by atoms with van der Waals surface area (Å²) in [4.78, 5) is 23.7. The van der Waals surface area contributed by atoms with Gasteiger partial charge >= 0.3 is 5.95 Å². The molecular formula is C11H10N4O5. The summed E-state index contributed by atoms with van der Waals surface area (Å²) in [5.74, 6) is 0.159. The van der Waals surface area contributed by atoms with E-state index in [1.54, 1.807) is 0 Å². The molecule has 9 heteroatoms. The van der Waals surface area contributed by atoms with E-state index in [1.165, 1.54) is 42.1 Å². The zero-order chi connectivity index (χ0) is 14.7. The van der Waals surface area contributed by atoms with Gasteiger partial charge in [-0.25, -0.2) is 4.57 Å². The summed E-state index contributed by atoms with van der Waals surface area (Å²) in [5, 5.41) is 21.1. The highest BCUT2D eigenvalue weighted by Gasteiger charge is 2.17. The molecule has 0 aliphatic rings. The predicted octanol–water partition coefficient (Wildman–Crippen LogP) is 1.82. The number of non-ortho nitro benzene ring substituents is 1. The fourth-order valence-corrected chi connectivity index (χ4v) is 1.56. The molecule has 1 heterocycles. The maximum atomic E-state index is 10.6. The van der Waals surface area contributed by atoms with Gasteiger partial charge in [-0.15, -0.1) is 0 Å². The Morgan fingerprint density at radius 3 is 2.35 bits per heavy atom. The number of ether oxygens (including phenoxy) is 1. The van der Waals surface area contributed by atoms with Crippen LogP contribution < -0.4 is 4.74 Å². The molecule has 0 N–H and O–H groups in total. The van der Waals surface area contributed by atoms with Gasteiger partial charge in [0.2, 0.25) is 0 Å². The van der Waals surface area contributed by atoms with E-state index < -0.39 is 9.85 Å². The highest BCUT2D eigenvalue weighted by atomic mass is 16.6. The molecule has 0 fully saturated rings. The van der Waals surface area contributed by atoms with E-state index in [4.69, 9.17) is 4.74 Å². The van der Waals surface area contributed by atoms with Gasteiger partial charge in [0.25, 0.3) is 5.69 Å². The SMILES string of the molecule is Cn1c(COc2ccc([N+](=O)[O-])cc2)cnc1[N+](=O)[O-]. The molecule has 2 rings (SSSR count). The minimum absolute atomic E-state index is 0.0338. The van der Waals surface area contributed by atoms with Gasteiger partial charge in [-0.05, 0) is 17.1 Å². The van der Waals surface area contributed by atoms with Gasteiger partial charge in [0.1, 0.15) is 18.6 Å². The summed E-state index contributed by atoms with van der Waals surface area (Å²) in [5.41, 5.74) is 0.489. The molecular weight excluding hydrogens is 268 g/mol. The Kier molecular flexibility index (Phi) is 3.60. The fraction of sp³-hybridized carbons (Fsp3) is 0.182. The van der Waals surface area contributed by atoms with Crippen LogP contribution in [-0.2, 0) is 13.7 Å². The van der Waals surface area contributed by atoms with Crippen LogP contribution in [0.2, 0.25) is 0 Å². The summed E-state index contributed by atoms with van der Waals surface area (Å²) < 4.78 is 6.71. The minimum atomic E-state index is -0.588. The van der Waals surface area contributed by atoms with Crippen molar-refractivity contribution in [3.63, 3.8) is 0 Å². The molecule has 0 amide bonds. The van der Waals surface area contributed by atoms with Crippen molar-refractivity contribution < 1.29 is 14.6 Å². The lowest BCUT2D eigenvalue weighted by atomic mass is 10.3. The van der Waals surface area contributed by atoms with Crippen LogP contribution in [0.1, 0.15) is 5.69 Å². The van der Waals surface area contributed by atoms with E-state index in [-0.39, 0.29) is 18.2 Å². The number of hydrogen-bond acceptors (Lipinski definition) is 6. The molecule has 104 valence electrons. The lowest BCUT2D eigenvalue weighted by molar-refractivity contribution is -0.396. The highest BCUT2D eigenvalue weighted by molar-refractivity contribution is 5.36. The zero-order valence-corrected chi connectivity index (χ0v) is 10.4. The van der Waals surface area contributed by atoms with Crippen LogP contribution in [0.25, 0.3) is 0 Å². The number of nitrogens with zero attached hydrogens (tertiary/aromatic N) is 4. The molecule has 0 atom stereocenters. The van der Waals surface area contributed by atoms with Crippen LogP contribution in [0.4, 0.5) is 11.6 Å². The van der Waals surface area contributed by atoms with E-state index in [2.05, 4.69) is 4.98 Å². The largest absolute Gasteiger partial charge is 0.486 e. The summed E-state index contributed by atoms with van der Waals surface area (Å²) in [6.45, 7) is 0.0785. The van der Waals surface area contributed by atoms with Crippen molar-refractivity contribution in [1.29, 1.82) is 0 Å². The van der Waals surface area contributed by atoms with E-state index in [0.29, 0.717) is 11.4 Å². The fourth-order valence-electron chi connectivity index (χ4n) is 1.56. The highest BCUT2D eigenvalue weighted by Crippen LogP contribution is 2.19. The van der Waals surface area contributed by atoms with Crippen molar-refractivity contribution in [2.75, 3.05) is 0 Å². The number of nitro groups is 2. The molecule has 0 aliphatic heterocycles. The normalized spacial score (nSPS) is 10.2. The topological polar surface area (TPSA) is 113 Å². The first-order valence-corrected chi connectivity index (χ1v) is 5.51. The molecule has 0 aliphatic carbocycles. The quantitative estimate of drug-likeness (QED) is 0.608. The number of aromatic nitrogens is 2. The smallest absolute Gasteiger partial charge is 0.434 e. The lowest BCUT2D eigenvalue weighted by Gasteiger charge is -2.04. The van der Waals surface area contributed by atoms with Crippen molar-refractivity contribution >= 4 is 11.6 Å². The van der Waals surface area contributed by atoms with E-state index in [1.807, 2.05) is 0 Å². The molecule has 0 bridgehead atoms. The Hall–Kier alpha value is -2.97. The third-order valence-corrected chi connectivity index (χ3v) is 2.66. The molecule has 0 radical (unpaired) electrons. The molecule has 1 aromatic carbocycles. The number of rotatable bonds is 5. The Bertz CT molecular complexity index is 649. The van der Waals surface area contributed by atoms with E-state index in [0.717, 1.165) is 0 Å². The molecule has 0 spiro atoms. The van der Waals surface area contributed by atoms with Crippen molar-refractivity contribution in [2.24, 2.45) is 7.05 Å². The average Bonchev–Trinajstić information content (AvgIpc) is 2.78. The number of nitro benzene ring substituents is 1. The first kappa shape index (κ1) is 13.5. The maximum Gasteiger partial charge on any atom is 0.434 e. The predicted molar refractivity (Wildman–Crippen MR) is 67.3 cm³/mol. The maximum absolute atomic E-state index is 10.6. The van der Waals surface area contributed by atoms with Gasteiger partial charge in [0.15, 0.2) is 5.69 Å². The van der Waals surface area contributed by atoms with Crippen LogP contribution in [-0.4, -0.2) is 19.4 Å². The second-order valence-electron chi connectivity index (χ2n) is 3.91. The second-order valence-corrected chi connectivity index (χ2v) is 3.91. The minimum Gasteiger partial charge on any atom is -0.486 e. The Morgan fingerprint density at radius 2 is 1.85 bits per heavy atom. The second kappa shape index (κ2) is 5.34. The average molecular weight is 278 g/mol. The Morgan fingerprint density at radius 1 is 1.20 bits per heavy atom. The van der Waals surface area contributed by atoms with Crippen molar-refractivity contribution in [3.05, 3.63) is 56.4 Å². The van der Waals surface area contributed by atoms with Gasteiger partial charge in [0.05, 0.1) is 12.0 Å². The Labute approximate surface area is 112 Å². The molecule has 2 aromatic rings. The summed E-state index contributed by atoms with van der Waals surface area (Å²) >= 11 is 0. The number of hydrogen-bond donors (Lipinski definition) is 0. The van der Waals surface area contributed by atoms with Crippen LogP contribution in [0.3, 0.4) is 0 Å². The molecule has 0 unspecified atom stereocenters. The molecule has 9 nitrogen and oxygen atoms in total. The van der Waals surface area contributed by atoms with Gasteiger partial charge in [-0.3, -0.25) is 10.1 Å². The molecule has 20 heavy (non-hydrogen) atoms.